The summed E-state index contributed by atoms with van der Waals surface area (Å²) in [6, 6.07) is 5.02. The van der Waals surface area contributed by atoms with E-state index >= 15 is 0 Å². The van der Waals surface area contributed by atoms with Crippen LogP contribution in [0.3, 0.4) is 0 Å². The van der Waals surface area contributed by atoms with Crippen LogP contribution >= 0.6 is 11.8 Å². The summed E-state index contributed by atoms with van der Waals surface area (Å²) in [6.07, 6.45) is 1.84. The summed E-state index contributed by atoms with van der Waals surface area (Å²) in [5.74, 6) is -0.153. The van der Waals surface area contributed by atoms with Crippen molar-refractivity contribution in [2.45, 2.75) is 12.1 Å². The Morgan fingerprint density at radius 3 is 2.88 bits per heavy atom. The molecular weight excluding hydrogens is 238 g/mol. The van der Waals surface area contributed by atoms with Gasteiger partial charge in [0.1, 0.15) is 0 Å². The molecule has 88 valence electrons. The molecule has 0 atom stereocenters. The Hall–Kier alpha value is -1.82. The van der Waals surface area contributed by atoms with Crippen molar-refractivity contribution in [2.75, 3.05) is 11.6 Å². The van der Waals surface area contributed by atoms with Crippen molar-refractivity contribution in [2.24, 2.45) is 0 Å². The van der Waals surface area contributed by atoms with Crippen LogP contribution in [0.2, 0.25) is 0 Å². The minimum absolute atomic E-state index is 0.153. The Morgan fingerprint density at radius 1 is 1.47 bits per heavy atom. The molecule has 0 unspecified atom stereocenters. The van der Waals surface area contributed by atoms with Gasteiger partial charge in [0.05, 0.1) is 10.9 Å². The Kier molecular flexibility index (Phi) is 3.14. The zero-order valence-electron chi connectivity index (χ0n) is 9.40. The van der Waals surface area contributed by atoms with Crippen molar-refractivity contribution in [3.63, 3.8) is 0 Å². The molecule has 0 aliphatic rings. The quantitative estimate of drug-likeness (QED) is 0.626. The highest BCUT2D eigenvalue weighted by Gasteiger charge is 2.04. The molecule has 0 aliphatic carbocycles. The second-order valence-electron chi connectivity index (χ2n) is 3.49. The number of H-pyrrole nitrogens is 1. The highest BCUT2D eigenvalue weighted by molar-refractivity contribution is 7.98. The Labute approximate surface area is 102 Å². The molecule has 0 spiro atoms. The van der Waals surface area contributed by atoms with Crippen LogP contribution in [0.15, 0.2) is 28.2 Å². The molecule has 17 heavy (non-hydrogen) atoms. The lowest BCUT2D eigenvalue weighted by Gasteiger charge is -2.04. The minimum atomic E-state index is -0.172. The number of hydrogen-bond donors (Lipinski definition) is 2. The van der Waals surface area contributed by atoms with Crippen LogP contribution in [0, 0.1) is 0 Å². The fraction of sp³-hybridized carbons (Fsp3) is 0.182. The first-order valence-electron chi connectivity index (χ1n) is 4.96. The Morgan fingerprint density at radius 2 is 2.24 bits per heavy atom. The van der Waals surface area contributed by atoms with Crippen molar-refractivity contribution in [1.82, 2.24) is 9.97 Å². The van der Waals surface area contributed by atoms with Gasteiger partial charge in [0.15, 0.2) is 5.16 Å². The number of nitrogens with one attached hydrogen (secondary N) is 2. The van der Waals surface area contributed by atoms with Crippen molar-refractivity contribution >= 4 is 34.3 Å². The highest BCUT2D eigenvalue weighted by Crippen LogP contribution is 2.16. The van der Waals surface area contributed by atoms with Gasteiger partial charge in [-0.3, -0.25) is 9.59 Å². The summed E-state index contributed by atoms with van der Waals surface area (Å²) in [5.41, 5.74) is 1.04. The van der Waals surface area contributed by atoms with Gasteiger partial charge in [-0.05, 0) is 24.5 Å². The second kappa shape index (κ2) is 4.58. The molecule has 0 fully saturated rings. The van der Waals surface area contributed by atoms with Crippen molar-refractivity contribution < 1.29 is 4.79 Å². The molecule has 0 aliphatic heterocycles. The van der Waals surface area contributed by atoms with Crippen LogP contribution in [0.4, 0.5) is 5.69 Å². The van der Waals surface area contributed by atoms with E-state index in [-0.39, 0.29) is 11.5 Å². The topological polar surface area (TPSA) is 74.8 Å². The van der Waals surface area contributed by atoms with E-state index in [0.29, 0.717) is 21.7 Å². The fourth-order valence-corrected chi connectivity index (χ4v) is 1.88. The number of benzene rings is 1. The average Bonchev–Trinajstić information content (AvgIpc) is 2.27. The van der Waals surface area contributed by atoms with Crippen LogP contribution in [-0.2, 0) is 4.79 Å². The van der Waals surface area contributed by atoms with Crippen LogP contribution in [-0.4, -0.2) is 22.1 Å². The minimum Gasteiger partial charge on any atom is -0.326 e. The molecule has 1 amide bonds. The fourth-order valence-electron chi connectivity index (χ4n) is 1.50. The lowest BCUT2D eigenvalue weighted by atomic mass is 10.2. The maximum atomic E-state index is 11.7. The third kappa shape index (κ3) is 2.47. The first-order valence-corrected chi connectivity index (χ1v) is 6.18. The molecule has 0 saturated carbocycles. The maximum absolute atomic E-state index is 11.7. The van der Waals surface area contributed by atoms with E-state index in [1.54, 1.807) is 18.2 Å². The number of carbonyl (C=O) groups is 1. The van der Waals surface area contributed by atoms with Gasteiger partial charge in [-0.15, -0.1) is 0 Å². The summed E-state index contributed by atoms with van der Waals surface area (Å²) < 4.78 is 0. The van der Waals surface area contributed by atoms with E-state index in [4.69, 9.17) is 0 Å². The molecule has 5 nitrogen and oxygen atoms in total. The van der Waals surface area contributed by atoms with Crippen LogP contribution < -0.4 is 10.9 Å². The first kappa shape index (κ1) is 11.7. The first-order chi connectivity index (χ1) is 8.10. The van der Waals surface area contributed by atoms with Gasteiger partial charge in [-0.2, -0.15) is 0 Å². The smallest absolute Gasteiger partial charge is 0.259 e. The summed E-state index contributed by atoms with van der Waals surface area (Å²) in [5, 5.41) is 3.72. The molecule has 1 aromatic carbocycles. The van der Waals surface area contributed by atoms with E-state index in [0.717, 1.165) is 0 Å². The lowest BCUT2D eigenvalue weighted by molar-refractivity contribution is -0.114. The van der Waals surface area contributed by atoms with Gasteiger partial charge in [0, 0.05) is 12.6 Å². The predicted molar refractivity (Wildman–Crippen MR) is 68.4 cm³/mol. The second-order valence-corrected chi connectivity index (χ2v) is 4.28. The normalized spacial score (nSPS) is 10.5. The number of anilines is 1. The maximum Gasteiger partial charge on any atom is 0.259 e. The Bertz CT molecular complexity index is 636. The molecular formula is C11H11N3O2S. The molecule has 0 radical (unpaired) electrons. The summed E-state index contributed by atoms with van der Waals surface area (Å²) >= 11 is 1.36. The molecule has 2 rings (SSSR count). The molecule has 2 N–H and O–H groups in total. The van der Waals surface area contributed by atoms with Gasteiger partial charge in [0.2, 0.25) is 5.91 Å². The number of fused-ring (bicyclic) bond motifs is 1. The lowest BCUT2D eigenvalue weighted by Crippen LogP contribution is -2.10. The zero-order chi connectivity index (χ0) is 12.4. The number of thioether (sulfide) groups is 1. The van der Waals surface area contributed by atoms with E-state index in [2.05, 4.69) is 15.3 Å². The summed E-state index contributed by atoms with van der Waals surface area (Å²) in [7, 11) is 0. The van der Waals surface area contributed by atoms with Gasteiger partial charge in [-0.25, -0.2) is 4.98 Å². The SMILES string of the molecule is CSc1nc2cc(NC(C)=O)ccc2c(=O)[nH]1. The number of carbonyl (C=O) groups excluding carboxylic acids is 1. The third-order valence-electron chi connectivity index (χ3n) is 2.20. The number of hydrogen-bond acceptors (Lipinski definition) is 4. The monoisotopic (exact) mass is 249 g/mol. The van der Waals surface area contributed by atoms with Crippen LogP contribution in [0.25, 0.3) is 10.9 Å². The molecule has 1 aromatic heterocycles. The van der Waals surface area contributed by atoms with E-state index in [1.165, 1.54) is 18.7 Å². The van der Waals surface area contributed by atoms with Crippen LogP contribution in [0.5, 0.6) is 0 Å². The predicted octanol–water partition coefficient (Wildman–Crippen LogP) is 1.60. The van der Waals surface area contributed by atoms with Gasteiger partial charge < -0.3 is 10.3 Å². The van der Waals surface area contributed by atoms with Gasteiger partial charge >= 0.3 is 0 Å². The highest BCUT2D eigenvalue weighted by atomic mass is 32.2. The third-order valence-corrected chi connectivity index (χ3v) is 2.78. The zero-order valence-corrected chi connectivity index (χ0v) is 10.2. The summed E-state index contributed by atoms with van der Waals surface area (Å²) in [4.78, 5) is 29.6. The van der Waals surface area contributed by atoms with E-state index < -0.39 is 0 Å². The molecule has 0 saturated heterocycles. The number of aromatic nitrogens is 2. The number of amides is 1. The molecule has 2 aromatic rings. The van der Waals surface area contributed by atoms with Crippen molar-refractivity contribution in [1.29, 1.82) is 0 Å². The summed E-state index contributed by atoms with van der Waals surface area (Å²) in [6.45, 7) is 1.43. The largest absolute Gasteiger partial charge is 0.326 e. The van der Waals surface area contributed by atoms with Gasteiger partial charge in [0.25, 0.3) is 5.56 Å². The average molecular weight is 249 g/mol. The molecule has 6 heteroatoms. The van der Waals surface area contributed by atoms with Crippen LogP contribution in [0.1, 0.15) is 6.92 Å². The van der Waals surface area contributed by atoms with Crippen molar-refractivity contribution in [3.05, 3.63) is 28.6 Å². The van der Waals surface area contributed by atoms with E-state index in [1.807, 2.05) is 6.26 Å². The van der Waals surface area contributed by atoms with Crippen molar-refractivity contribution in [3.8, 4) is 0 Å². The van der Waals surface area contributed by atoms with E-state index in [9.17, 15) is 9.59 Å². The number of rotatable bonds is 2. The number of nitrogens with zero attached hydrogens (tertiary/aromatic N) is 1. The Balaban J connectivity index is 2.59. The standard InChI is InChI=1S/C11H11N3O2S/c1-6(15)12-7-3-4-8-9(5-7)13-11(17-2)14-10(8)16/h3-5H,1-2H3,(H,12,15)(H,13,14,16). The molecule has 0 bridgehead atoms. The number of aromatic amines is 1. The molecule has 1 heterocycles. The van der Waals surface area contributed by atoms with Gasteiger partial charge in [-0.1, -0.05) is 11.8 Å².